The van der Waals surface area contributed by atoms with E-state index in [1.807, 2.05) is 6.92 Å². The molecule has 1 saturated carbocycles. The number of guanidine groups is 1. The number of rotatable bonds is 8. The third-order valence-corrected chi connectivity index (χ3v) is 2.84. The monoisotopic (exact) mass is 270 g/mol. The second-order valence-corrected chi connectivity index (χ2v) is 4.95. The van der Waals surface area contributed by atoms with Crippen LogP contribution < -0.4 is 16.0 Å². The first-order chi connectivity index (χ1) is 9.15. The molecule has 0 aromatic carbocycles. The second kappa shape index (κ2) is 8.74. The Labute approximate surface area is 115 Å². The molecule has 0 spiro atoms. The first-order valence-corrected chi connectivity index (χ1v) is 6.91. The Morgan fingerprint density at radius 3 is 2.79 bits per heavy atom. The molecule has 1 rings (SSSR count). The van der Waals surface area contributed by atoms with E-state index in [0.717, 1.165) is 31.8 Å². The molecule has 0 bridgehead atoms. The van der Waals surface area contributed by atoms with Gasteiger partial charge in [0.2, 0.25) is 5.91 Å². The largest absolute Gasteiger partial charge is 0.383 e. The summed E-state index contributed by atoms with van der Waals surface area (Å²) in [5.74, 6) is 0.896. The van der Waals surface area contributed by atoms with Crippen LogP contribution in [-0.2, 0) is 9.53 Å². The molecule has 0 saturated heterocycles. The van der Waals surface area contributed by atoms with Crippen LogP contribution in [0, 0.1) is 0 Å². The summed E-state index contributed by atoms with van der Waals surface area (Å²) in [6.07, 6.45) is 3.64. The smallest absolute Gasteiger partial charge is 0.220 e. The fourth-order valence-corrected chi connectivity index (χ4v) is 1.70. The maximum atomic E-state index is 11.5. The maximum absolute atomic E-state index is 11.5. The van der Waals surface area contributed by atoms with Crippen molar-refractivity contribution >= 4 is 11.9 Å². The number of carbonyl (C=O) groups excluding carboxylic acids is 1. The van der Waals surface area contributed by atoms with E-state index in [-0.39, 0.29) is 11.9 Å². The fraction of sp³-hybridized carbons (Fsp3) is 0.846. The zero-order chi connectivity index (χ0) is 14.1. The SMILES string of the molecule is CN=C(NCCCC(=O)NC1CC1)NC(C)COC. The summed E-state index contributed by atoms with van der Waals surface area (Å²) in [6.45, 7) is 3.39. The van der Waals surface area contributed by atoms with Crippen LogP contribution >= 0.6 is 0 Å². The highest BCUT2D eigenvalue weighted by molar-refractivity contribution is 5.80. The Morgan fingerprint density at radius 2 is 2.21 bits per heavy atom. The highest BCUT2D eigenvalue weighted by Gasteiger charge is 2.22. The van der Waals surface area contributed by atoms with Gasteiger partial charge in [-0.3, -0.25) is 9.79 Å². The van der Waals surface area contributed by atoms with Gasteiger partial charge < -0.3 is 20.7 Å². The van der Waals surface area contributed by atoms with E-state index in [1.54, 1.807) is 14.2 Å². The summed E-state index contributed by atoms with van der Waals surface area (Å²) in [5, 5.41) is 9.37. The molecule has 3 N–H and O–H groups in total. The van der Waals surface area contributed by atoms with Crippen LogP contribution in [0.25, 0.3) is 0 Å². The number of amides is 1. The van der Waals surface area contributed by atoms with Crippen LogP contribution in [0.15, 0.2) is 4.99 Å². The topological polar surface area (TPSA) is 74.8 Å². The highest BCUT2D eigenvalue weighted by Crippen LogP contribution is 2.18. The van der Waals surface area contributed by atoms with E-state index in [1.165, 1.54) is 0 Å². The minimum Gasteiger partial charge on any atom is -0.383 e. The van der Waals surface area contributed by atoms with Crippen LogP contribution in [0.2, 0.25) is 0 Å². The predicted molar refractivity (Wildman–Crippen MR) is 76.2 cm³/mol. The molecule has 19 heavy (non-hydrogen) atoms. The first kappa shape index (κ1) is 15.8. The Balaban J connectivity index is 2.06. The number of nitrogens with zero attached hydrogens (tertiary/aromatic N) is 1. The van der Waals surface area contributed by atoms with Crippen molar-refractivity contribution in [2.24, 2.45) is 4.99 Å². The molecule has 110 valence electrons. The minimum absolute atomic E-state index is 0.153. The lowest BCUT2D eigenvalue weighted by atomic mass is 10.3. The molecule has 1 atom stereocenters. The summed E-state index contributed by atoms with van der Waals surface area (Å²) >= 11 is 0. The van der Waals surface area contributed by atoms with Crippen molar-refractivity contribution in [3.63, 3.8) is 0 Å². The maximum Gasteiger partial charge on any atom is 0.220 e. The Kier molecular flexibility index (Phi) is 7.25. The number of ether oxygens (including phenoxy) is 1. The Hall–Kier alpha value is -1.30. The number of methoxy groups -OCH3 is 1. The molecule has 0 heterocycles. The molecule has 1 unspecified atom stereocenters. The van der Waals surface area contributed by atoms with E-state index >= 15 is 0 Å². The van der Waals surface area contributed by atoms with Crippen molar-refractivity contribution in [2.45, 2.75) is 44.7 Å². The van der Waals surface area contributed by atoms with Gasteiger partial charge in [0.25, 0.3) is 0 Å². The average Bonchev–Trinajstić information content (AvgIpc) is 3.17. The number of hydrogen-bond acceptors (Lipinski definition) is 3. The van der Waals surface area contributed by atoms with Gasteiger partial charge in [-0.05, 0) is 26.2 Å². The van der Waals surface area contributed by atoms with Gasteiger partial charge in [0.05, 0.1) is 6.61 Å². The summed E-state index contributed by atoms with van der Waals surface area (Å²) in [7, 11) is 3.40. The molecule has 0 aromatic heterocycles. The minimum atomic E-state index is 0.153. The summed E-state index contributed by atoms with van der Waals surface area (Å²) in [6, 6.07) is 0.652. The molecule has 0 aliphatic heterocycles. The van der Waals surface area contributed by atoms with Crippen molar-refractivity contribution < 1.29 is 9.53 Å². The van der Waals surface area contributed by atoms with Gasteiger partial charge in [-0.15, -0.1) is 0 Å². The molecule has 6 nitrogen and oxygen atoms in total. The zero-order valence-electron chi connectivity index (χ0n) is 12.2. The van der Waals surface area contributed by atoms with Crippen LogP contribution in [0.1, 0.15) is 32.6 Å². The van der Waals surface area contributed by atoms with Gasteiger partial charge in [0.15, 0.2) is 5.96 Å². The summed E-state index contributed by atoms with van der Waals surface area (Å²) in [5.41, 5.74) is 0. The number of nitrogens with one attached hydrogen (secondary N) is 3. The van der Waals surface area contributed by atoms with Crippen LogP contribution in [0.4, 0.5) is 0 Å². The molecule has 1 aliphatic carbocycles. The molecule has 0 radical (unpaired) electrons. The van der Waals surface area contributed by atoms with Crippen molar-refractivity contribution in [1.29, 1.82) is 0 Å². The van der Waals surface area contributed by atoms with Crippen LogP contribution in [-0.4, -0.2) is 51.3 Å². The van der Waals surface area contributed by atoms with E-state index < -0.39 is 0 Å². The molecule has 0 aromatic rings. The van der Waals surface area contributed by atoms with Crippen molar-refractivity contribution in [3.8, 4) is 0 Å². The molecular weight excluding hydrogens is 244 g/mol. The molecule has 1 aliphatic rings. The van der Waals surface area contributed by atoms with E-state index in [9.17, 15) is 4.79 Å². The lowest BCUT2D eigenvalue weighted by molar-refractivity contribution is -0.121. The predicted octanol–water partition coefficient (Wildman–Crippen LogP) is 0.245. The lowest BCUT2D eigenvalue weighted by Gasteiger charge is -2.17. The standard InChI is InChI=1S/C13H26N4O2/c1-10(9-19-3)16-13(14-2)15-8-4-5-12(18)17-11-6-7-11/h10-11H,4-9H2,1-3H3,(H,17,18)(H2,14,15,16). The average molecular weight is 270 g/mol. The summed E-state index contributed by atoms with van der Waals surface area (Å²) in [4.78, 5) is 15.6. The molecule has 1 amide bonds. The molecule has 1 fully saturated rings. The summed E-state index contributed by atoms with van der Waals surface area (Å²) < 4.78 is 5.05. The Morgan fingerprint density at radius 1 is 1.47 bits per heavy atom. The van der Waals surface area contributed by atoms with Crippen molar-refractivity contribution in [3.05, 3.63) is 0 Å². The van der Waals surface area contributed by atoms with Gasteiger partial charge in [-0.1, -0.05) is 0 Å². The zero-order valence-corrected chi connectivity index (χ0v) is 12.2. The van der Waals surface area contributed by atoms with E-state index in [2.05, 4.69) is 20.9 Å². The van der Waals surface area contributed by atoms with Gasteiger partial charge in [-0.25, -0.2) is 0 Å². The lowest BCUT2D eigenvalue weighted by Crippen LogP contribution is -2.44. The normalized spacial score (nSPS) is 16.9. The Bertz CT molecular complexity index is 303. The fourth-order valence-electron chi connectivity index (χ4n) is 1.70. The van der Waals surface area contributed by atoms with Gasteiger partial charge >= 0.3 is 0 Å². The second-order valence-electron chi connectivity index (χ2n) is 4.95. The van der Waals surface area contributed by atoms with Crippen molar-refractivity contribution in [1.82, 2.24) is 16.0 Å². The first-order valence-electron chi connectivity index (χ1n) is 6.91. The number of hydrogen-bond donors (Lipinski definition) is 3. The van der Waals surface area contributed by atoms with Crippen LogP contribution in [0.3, 0.4) is 0 Å². The van der Waals surface area contributed by atoms with Crippen molar-refractivity contribution in [2.75, 3.05) is 27.3 Å². The van der Waals surface area contributed by atoms with E-state index in [4.69, 9.17) is 4.74 Å². The van der Waals surface area contributed by atoms with E-state index in [0.29, 0.717) is 19.1 Å². The van der Waals surface area contributed by atoms with Gasteiger partial charge in [-0.2, -0.15) is 0 Å². The number of carbonyl (C=O) groups is 1. The third-order valence-electron chi connectivity index (χ3n) is 2.84. The van der Waals surface area contributed by atoms with Gasteiger partial charge in [0.1, 0.15) is 0 Å². The van der Waals surface area contributed by atoms with Crippen LogP contribution in [0.5, 0.6) is 0 Å². The molecular formula is C13H26N4O2. The van der Waals surface area contributed by atoms with Gasteiger partial charge in [0, 0.05) is 39.2 Å². The quantitative estimate of drug-likeness (QED) is 0.336. The third kappa shape index (κ3) is 7.66. The number of aliphatic imine (C=N–C) groups is 1. The highest BCUT2D eigenvalue weighted by atomic mass is 16.5. The molecule has 6 heteroatoms.